The van der Waals surface area contributed by atoms with E-state index in [1.165, 1.54) is 0 Å². The largest absolute Gasteiger partial charge is 0.342 e. The van der Waals surface area contributed by atoms with Crippen LogP contribution in [0.3, 0.4) is 0 Å². The Bertz CT molecular complexity index is 685. The molecule has 24 heavy (non-hydrogen) atoms. The van der Waals surface area contributed by atoms with Gasteiger partial charge in [0.1, 0.15) is 0 Å². The van der Waals surface area contributed by atoms with Crippen molar-refractivity contribution < 1.29 is 9.59 Å². The molecule has 1 aromatic heterocycles. The van der Waals surface area contributed by atoms with Crippen LogP contribution in [-0.4, -0.2) is 39.6 Å². The molecule has 1 amide bonds. The van der Waals surface area contributed by atoms with Crippen LogP contribution in [0.2, 0.25) is 0 Å². The number of aryl methyl sites for hydroxylation is 2. The van der Waals surface area contributed by atoms with Gasteiger partial charge in [0.05, 0.1) is 6.07 Å². The van der Waals surface area contributed by atoms with Crippen molar-refractivity contribution in [3.63, 3.8) is 0 Å². The normalized spacial score (nSPS) is 21.9. The highest BCUT2D eigenvalue weighted by molar-refractivity contribution is 5.90. The van der Waals surface area contributed by atoms with Crippen molar-refractivity contribution in [2.75, 3.05) is 13.1 Å². The molecular formula is C18H22N4O2. The van der Waals surface area contributed by atoms with E-state index in [0.29, 0.717) is 6.54 Å². The van der Waals surface area contributed by atoms with Crippen LogP contribution >= 0.6 is 0 Å². The van der Waals surface area contributed by atoms with Crippen molar-refractivity contribution in [2.24, 2.45) is 11.8 Å². The second-order valence-corrected chi connectivity index (χ2v) is 6.87. The fourth-order valence-corrected chi connectivity index (χ4v) is 3.36. The van der Waals surface area contributed by atoms with Crippen molar-refractivity contribution in [3.8, 4) is 6.07 Å². The molecule has 2 atom stereocenters. The van der Waals surface area contributed by atoms with Gasteiger partial charge in [-0.15, -0.1) is 0 Å². The van der Waals surface area contributed by atoms with Gasteiger partial charge in [-0.05, 0) is 45.6 Å². The predicted octanol–water partition coefficient (Wildman–Crippen LogP) is 1.92. The zero-order valence-electron chi connectivity index (χ0n) is 14.2. The molecule has 0 bridgehead atoms. The van der Waals surface area contributed by atoms with E-state index < -0.39 is 5.92 Å². The van der Waals surface area contributed by atoms with E-state index in [-0.39, 0.29) is 29.4 Å². The molecule has 6 nitrogen and oxygen atoms in total. The van der Waals surface area contributed by atoms with Crippen molar-refractivity contribution in [2.45, 2.75) is 45.4 Å². The summed E-state index contributed by atoms with van der Waals surface area (Å²) in [4.78, 5) is 35.5. The van der Waals surface area contributed by atoms with Crippen molar-refractivity contribution >= 4 is 11.7 Å². The zero-order valence-corrected chi connectivity index (χ0v) is 14.2. The molecule has 2 fully saturated rings. The Morgan fingerprint density at radius 3 is 2.46 bits per heavy atom. The predicted molar refractivity (Wildman–Crippen MR) is 86.9 cm³/mol. The summed E-state index contributed by atoms with van der Waals surface area (Å²) in [5, 5.41) is 9.50. The fraction of sp³-hybridized carbons (Fsp3) is 0.611. The van der Waals surface area contributed by atoms with E-state index in [0.717, 1.165) is 43.6 Å². The maximum Gasteiger partial charge on any atom is 0.225 e. The van der Waals surface area contributed by atoms with Crippen LogP contribution in [0, 0.1) is 37.0 Å². The Hall–Kier alpha value is -2.29. The lowest BCUT2D eigenvalue weighted by Crippen LogP contribution is -2.44. The van der Waals surface area contributed by atoms with E-state index in [4.69, 9.17) is 0 Å². The van der Waals surface area contributed by atoms with Crippen LogP contribution < -0.4 is 0 Å². The molecule has 3 rings (SSSR count). The number of aromatic nitrogens is 2. The highest BCUT2D eigenvalue weighted by atomic mass is 16.2. The third-order valence-corrected chi connectivity index (χ3v) is 4.73. The molecule has 6 heteroatoms. The van der Waals surface area contributed by atoms with Crippen LogP contribution in [0.4, 0.5) is 0 Å². The van der Waals surface area contributed by atoms with Gasteiger partial charge in [-0.25, -0.2) is 9.97 Å². The summed E-state index contributed by atoms with van der Waals surface area (Å²) in [6.45, 7) is 4.80. The third-order valence-electron chi connectivity index (χ3n) is 4.73. The summed E-state index contributed by atoms with van der Waals surface area (Å²) in [6, 6.07) is 3.89. The number of ketones is 1. The maximum absolute atomic E-state index is 12.9. The average Bonchev–Trinajstić information content (AvgIpc) is 3.39. The van der Waals surface area contributed by atoms with Gasteiger partial charge < -0.3 is 4.90 Å². The first-order valence-electron chi connectivity index (χ1n) is 8.54. The molecule has 0 aromatic carbocycles. The van der Waals surface area contributed by atoms with Crippen LogP contribution in [0.1, 0.15) is 48.8 Å². The van der Waals surface area contributed by atoms with E-state index in [2.05, 4.69) is 16.0 Å². The lowest BCUT2D eigenvalue weighted by Gasteiger charge is -2.32. The van der Waals surface area contributed by atoms with Crippen molar-refractivity contribution in [3.05, 3.63) is 23.3 Å². The second-order valence-electron chi connectivity index (χ2n) is 6.87. The molecule has 1 aliphatic heterocycles. The lowest BCUT2D eigenvalue weighted by atomic mass is 9.86. The summed E-state index contributed by atoms with van der Waals surface area (Å²) < 4.78 is 0. The number of hydrogen-bond donors (Lipinski definition) is 0. The molecule has 0 radical (unpaired) electrons. The number of carbonyl (C=O) groups excluding carboxylic acids is 2. The number of nitrogens with zero attached hydrogens (tertiary/aromatic N) is 4. The van der Waals surface area contributed by atoms with Crippen LogP contribution in [0.25, 0.3) is 0 Å². The highest BCUT2D eigenvalue weighted by Gasteiger charge is 2.38. The average molecular weight is 326 g/mol. The highest BCUT2D eigenvalue weighted by Crippen LogP contribution is 2.33. The van der Waals surface area contributed by atoms with Crippen LogP contribution in [0.15, 0.2) is 6.07 Å². The number of Topliss-reactive ketones (excluding diaryl/α,β-unsaturated/α-hetero) is 1. The monoisotopic (exact) mass is 326 g/mol. The third kappa shape index (κ3) is 3.45. The van der Waals surface area contributed by atoms with Gasteiger partial charge in [-0.3, -0.25) is 9.59 Å². The van der Waals surface area contributed by atoms with E-state index >= 15 is 0 Å². The van der Waals surface area contributed by atoms with Gasteiger partial charge in [0, 0.05) is 36.3 Å². The van der Waals surface area contributed by atoms with Crippen molar-refractivity contribution in [1.82, 2.24) is 14.9 Å². The minimum atomic E-state index is -0.954. The van der Waals surface area contributed by atoms with Gasteiger partial charge in [0.25, 0.3) is 0 Å². The minimum Gasteiger partial charge on any atom is -0.342 e. The topological polar surface area (TPSA) is 87.0 Å². The summed E-state index contributed by atoms with van der Waals surface area (Å²) in [6.07, 6.45) is 3.45. The Kier molecular flexibility index (Phi) is 4.61. The molecule has 126 valence electrons. The fourth-order valence-electron chi connectivity index (χ4n) is 3.36. The molecule has 0 N–H and O–H groups in total. The summed E-state index contributed by atoms with van der Waals surface area (Å²) in [5.74, 6) is -0.793. The van der Waals surface area contributed by atoms with Gasteiger partial charge in [0.15, 0.2) is 17.5 Å². The SMILES string of the molecule is Cc1cc(C)nc([C@H](C#N)C(=O)[C@@H]2CCCN(C(=O)C3CC3)C2)n1. The Morgan fingerprint density at radius 1 is 1.21 bits per heavy atom. The maximum atomic E-state index is 12.9. The molecular weight excluding hydrogens is 304 g/mol. The van der Waals surface area contributed by atoms with Crippen molar-refractivity contribution in [1.29, 1.82) is 5.26 Å². The molecule has 2 heterocycles. The first-order chi connectivity index (χ1) is 11.5. The molecule has 0 spiro atoms. The number of carbonyl (C=O) groups is 2. The quantitative estimate of drug-likeness (QED) is 0.843. The number of piperidine rings is 1. The van der Waals surface area contributed by atoms with Gasteiger partial charge >= 0.3 is 0 Å². The molecule has 1 aromatic rings. The molecule has 1 saturated carbocycles. The summed E-state index contributed by atoms with van der Waals surface area (Å²) in [7, 11) is 0. The number of hydrogen-bond acceptors (Lipinski definition) is 5. The first kappa shape index (κ1) is 16.6. The minimum absolute atomic E-state index is 0.157. The molecule has 1 saturated heterocycles. The standard InChI is InChI=1S/C18H22N4O2/c1-11-8-12(2)21-17(20-11)15(9-19)16(23)14-4-3-7-22(10-14)18(24)13-5-6-13/h8,13-15H,3-7,10H2,1-2H3/t14-,15-/m1/s1. The number of nitriles is 1. The lowest BCUT2D eigenvalue weighted by molar-refractivity contribution is -0.136. The second kappa shape index (κ2) is 6.68. The zero-order chi connectivity index (χ0) is 17.3. The summed E-state index contributed by atoms with van der Waals surface area (Å²) in [5.41, 5.74) is 1.50. The van der Waals surface area contributed by atoms with Crippen LogP contribution in [0.5, 0.6) is 0 Å². The van der Waals surface area contributed by atoms with Gasteiger partial charge in [-0.2, -0.15) is 5.26 Å². The van der Waals surface area contributed by atoms with Crippen LogP contribution in [-0.2, 0) is 9.59 Å². The van der Waals surface area contributed by atoms with Gasteiger partial charge in [-0.1, -0.05) is 0 Å². The molecule has 0 unspecified atom stereocenters. The molecule has 2 aliphatic rings. The van der Waals surface area contributed by atoms with E-state index in [1.54, 1.807) is 4.90 Å². The summed E-state index contributed by atoms with van der Waals surface area (Å²) >= 11 is 0. The number of likely N-dealkylation sites (tertiary alicyclic amines) is 1. The number of rotatable bonds is 4. The Morgan fingerprint density at radius 2 is 1.88 bits per heavy atom. The van der Waals surface area contributed by atoms with E-state index in [9.17, 15) is 14.9 Å². The Labute approximate surface area is 141 Å². The smallest absolute Gasteiger partial charge is 0.225 e. The van der Waals surface area contributed by atoms with Gasteiger partial charge in [0.2, 0.25) is 5.91 Å². The molecule has 1 aliphatic carbocycles. The van der Waals surface area contributed by atoms with E-state index in [1.807, 2.05) is 19.9 Å². The number of amides is 1. The first-order valence-corrected chi connectivity index (χ1v) is 8.54. The Balaban J connectivity index is 1.75.